The maximum atomic E-state index is 12.0. The number of aliphatic hydroxyl groups excluding tert-OH is 1. The van der Waals surface area contributed by atoms with Crippen LogP contribution in [0.25, 0.3) is 0 Å². The number of hydrogen-bond donors (Lipinski definition) is 2. The lowest BCUT2D eigenvalue weighted by Crippen LogP contribution is -2.27. The lowest BCUT2D eigenvalue weighted by Gasteiger charge is -2.11. The maximum absolute atomic E-state index is 12.0. The maximum Gasteiger partial charge on any atom is 0.312 e. The Labute approximate surface area is 103 Å². The van der Waals surface area contributed by atoms with Crippen molar-refractivity contribution in [3.8, 4) is 0 Å². The van der Waals surface area contributed by atoms with Gasteiger partial charge in [0.1, 0.15) is 6.10 Å². The minimum absolute atomic E-state index is 0.169. The molecule has 1 unspecified atom stereocenters. The molecule has 17 heavy (non-hydrogen) atoms. The van der Waals surface area contributed by atoms with Gasteiger partial charge in [0.15, 0.2) is 0 Å². The molecule has 94 valence electrons. The van der Waals surface area contributed by atoms with Crippen molar-refractivity contribution in [2.24, 2.45) is 0 Å². The highest BCUT2D eigenvalue weighted by atomic mass is 79.9. The molecule has 0 bridgehead atoms. The number of hydrogen-bond acceptors (Lipinski definition) is 5. The summed E-state index contributed by atoms with van der Waals surface area (Å²) < 4.78 is 24.4. The average Bonchev–Trinajstić information content (AvgIpc) is 2.26. The van der Waals surface area contributed by atoms with Crippen LogP contribution in [0.3, 0.4) is 0 Å². The summed E-state index contributed by atoms with van der Waals surface area (Å²) in [6, 6.07) is 1.18. The monoisotopic (exact) mass is 311 g/mol. The Hall–Kier alpha value is -1.35. The van der Waals surface area contributed by atoms with Crippen LogP contribution in [0, 0.1) is 10.1 Å². The van der Waals surface area contributed by atoms with E-state index in [1.807, 2.05) is 0 Å². The number of aliphatic hydroxyl groups is 1. The number of anilines is 1. The summed E-state index contributed by atoms with van der Waals surface area (Å²) in [4.78, 5) is 13.6. The summed E-state index contributed by atoms with van der Waals surface area (Å²) >= 11 is 3.00. The van der Waals surface area contributed by atoms with Gasteiger partial charge in [-0.25, -0.2) is 13.8 Å². The van der Waals surface area contributed by atoms with E-state index in [0.29, 0.717) is 4.47 Å². The number of nitrogens with one attached hydrogen (secondary N) is 1. The molecule has 1 aromatic heterocycles. The molecule has 0 saturated carbocycles. The van der Waals surface area contributed by atoms with Crippen LogP contribution in [0.5, 0.6) is 0 Å². The molecule has 1 aromatic rings. The van der Waals surface area contributed by atoms with Crippen molar-refractivity contribution in [1.29, 1.82) is 0 Å². The number of aromatic nitrogens is 1. The van der Waals surface area contributed by atoms with Crippen LogP contribution < -0.4 is 5.32 Å². The minimum atomic E-state index is -2.92. The zero-order chi connectivity index (χ0) is 13.0. The summed E-state index contributed by atoms with van der Waals surface area (Å²) in [6.07, 6.45) is -3.54. The third kappa shape index (κ3) is 3.86. The molecule has 0 aliphatic carbocycles. The molecular formula is C8H8BrF2N3O3. The number of pyridine rings is 1. The van der Waals surface area contributed by atoms with Gasteiger partial charge < -0.3 is 10.4 Å². The van der Waals surface area contributed by atoms with Crippen molar-refractivity contribution in [3.63, 3.8) is 0 Å². The Kier molecular flexibility index (Phi) is 4.70. The van der Waals surface area contributed by atoms with Crippen LogP contribution in [0.4, 0.5) is 20.3 Å². The summed E-state index contributed by atoms with van der Waals surface area (Å²) in [6.45, 7) is -0.521. The van der Waals surface area contributed by atoms with E-state index in [9.17, 15) is 18.9 Å². The van der Waals surface area contributed by atoms with E-state index in [2.05, 4.69) is 26.2 Å². The predicted molar refractivity (Wildman–Crippen MR) is 59.1 cm³/mol. The Morgan fingerprint density at radius 2 is 2.29 bits per heavy atom. The molecule has 0 radical (unpaired) electrons. The number of halogens is 3. The fourth-order valence-electron chi connectivity index (χ4n) is 0.994. The Bertz CT molecular complexity index is 419. The van der Waals surface area contributed by atoms with Crippen molar-refractivity contribution in [2.75, 3.05) is 11.9 Å². The molecule has 6 nitrogen and oxygen atoms in total. The molecule has 1 heterocycles. The fourth-order valence-corrected chi connectivity index (χ4v) is 1.31. The van der Waals surface area contributed by atoms with Crippen LogP contribution in [-0.4, -0.2) is 34.1 Å². The quantitative estimate of drug-likeness (QED) is 0.639. The minimum Gasteiger partial charge on any atom is -0.385 e. The van der Waals surface area contributed by atoms with Gasteiger partial charge in [-0.15, -0.1) is 0 Å². The molecule has 0 saturated heterocycles. The third-order valence-corrected chi connectivity index (χ3v) is 2.23. The second-order valence-electron chi connectivity index (χ2n) is 3.06. The van der Waals surface area contributed by atoms with Gasteiger partial charge in [-0.2, -0.15) is 0 Å². The molecular weight excluding hydrogens is 304 g/mol. The van der Waals surface area contributed by atoms with Gasteiger partial charge in [0, 0.05) is 23.3 Å². The van der Waals surface area contributed by atoms with Crippen LogP contribution >= 0.6 is 15.9 Å². The highest BCUT2D eigenvalue weighted by molar-refractivity contribution is 9.10. The van der Waals surface area contributed by atoms with Crippen LogP contribution in [-0.2, 0) is 0 Å². The SMILES string of the molecule is O=[N+]([O-])c1cc(Br)cnc1NCC(O)C(F)F. The molecule has 0 amide bonds. The first-order chi connectivity index (χ1) is 7.91. The standard InChI is InChI=1S/C8H8BrF2N3O3/c9-4-1-5(14(16)17)8(12-2-4)13-3-6(15)7(10)11/h1-2,6-7,15H,3H2,(H,12,13). The molecule has 2 N–H and O–H groups in total. The summed E-state index contributed by atoms with van der Waals surface area (Å²) in [5.74, 6) is -0.169. The van der Waals surface area contributed by atoms with Gasteiger partial charge in [-0.05, 0) is 15.9 Å². The van der Waals surface area contributed by atoms with Crippen LogP contribution in [0.15, 0.2) is 16.7 Å². The average molecular weight is 312 g/mol. The molecule has 0 aliphatic rings. The molecule has 0 aliphatic heterocycles. The van der Waals surface area contributed by atoms with Gasteiger partial charge in [0.25, 0.3) is 6.43 Å². The van der Waals surface area contributed by atoms with E-state index >= 15 is 0 Å². The Morgan fingerprint density at radius 3 is 2.82 bits per heavy atom. The molecule has 0 spiro atoms. The van der Waals surface area contributed by atoms with Gasteiger partial charge in [-0.1, -0.05) is 0 Å². The van der Waals surface area contributed by atoms with Crippen LogP contribution in [0.2, 0.25) is 0 Å². The van der Waals surface area contributed by atoms with E-state index in [4.69, 9.17) is 5.11 Å². The van der Waals surface area contributed by atoms with E-state index in [1.54, 1.807) is 0 Å². The summed E-state index contributed by atoms with van der Waals surface area (Å²) in [7, 11) is 0. The van der Waals surface area contributed by atoms with Crippen molar-refractivity contribution in [2.45, 2.75) is 12.5 Å². The third-order valence-electron chi connectivity index (χ3n) is 1.80. The van der Waals surface area contributed by atoms with Crippen LogP contribution in [0.1, 0.15) is 0 Å². The Morgan fingerprint density at radius 1 is 1.65 bits per heavy atom. The van der Waals surface area contributed by atoms with Crippen molar-refractivity contribution in [1.82, 2.24) is 4.98 Å². The first kappa shape index (κ1) is 13.7. The number of rotatable bonds is 5. The lowest BCUT2D eigenvalue weighted by atomic mass is 10.3. The highest BCUT2D eigenvalue weighted by Crippen LogP contribution is 2.25. The number of alkyl halides is 2. The van der Waals surface area contributed by atoms with Crippen molar-refractivity contribution >= 4 is 27.4 Å². The molecule has 0 aromatic carbocycles. The van der Waals surface area contributed by atoms with Gasteiger partial charge in [-0.3, -0.25) is 10.1 Å². The summed E-state index contributed by atoms with van der Waals surface area (Å²) in [5.41, 5.74) is -0.360. The van der Waals surface area contributed by atoms with Crippen molar-refractivity contribution < 1.29 is 18.8 Å². The number of nitrogens with zero attached hydrogens (tertiary/aromatic N) is 2. The Balaban J connectivity index is 2.80. The summed E-state index contributed by atoms with van der Waals surface area (Å²) in [5, 5.41) is 21.8. The molecule has 9 heteroatoms. The second kappa shape index (κ2) is 5.82. The van der Waals surface area contributed by atoms with E-state index < -0.39 is 24.0 Å². The fraction of sp³-hybridized carbons (Fsp3) is 0.375. The van der Waals surface area contributed by atoms with Gasteiger partial charge in [0.05, 0.1) is 4.92 Å². The van der Waals surface area contributed by atoms with Gasteiger partial charge in [0.2, 0.25) is 5.82 Å². The first-order valence-electron chi connectivity index (χ1n) is 4.42. The molecule has 1 atom stereocenters. The molecule has 0 fully saturated rings. The first-order valence-corrected chi connectivity index (χ1v) is 5.21. The lowest BCUT2D eigenvalue weighted by molar-refractivity contribution is -0.384. The second-order valence-corrected chi connectivity index (χ2v) is 3.98. The number of nitro groups is 1. The topological polar surface area (TPSA) is 88.3 Å². The smallest absolute Gasteiger partial charge is 0.312 e. The zero-order valence-corrected chi connectivity index (χ0v) is 9.89. The van der Waals surface area contributed by atoms with E-state index in [1.165, 1.54) is 12.3 Å². The van der Waals surface area contributed by atoms with Crippen molar-refractivity contribution in [3.05, 3.63) is 26.9 Å². The highest BCUT2D eigenvalue weighted by Gasteiger charge is 2.20. The molecule has 1 rings (SSSR count). The normalized spacial score (nSPS) is 12.5. The van der Waals surface area contributed by atoms with Gasteiger partial charge >= 0.3 is 5.69 Å². The van der Waals surface area contributed by atoms with E-state index in [-0.39, 0.29) is 11.5 Å². The predicted octanol–water partition coefficient (Wildman–Crippen LogP) is 1.79. The van der Waals surface area contributed by atoms with E-state index in [0.717, 1.165) is 0 Å². The zero-order valence-electron chi connectivity index (χ0n) is 8.31. The largest absolute Gasteiger partial charge is 0.385 e.